The van der Waals surface area contributed by atoms with Gasteiger partial charge in [0.2, 0.25) is 0 Å². The number of aliphatic hydroxyl groups is 2. The minimum atomic E-state index is -0.604. The van der Waals surface area contributed by atoms with Gasteiger partial charge in [-0.15, -0.1) is 0 Å². The second kappa shape index (κ2) is 9.10. The van der Waals surface area contributed by atoms with Crippen LogP contribution in [-0.4, -0.2) is 54.8 Å². The lowest BCUT2D eigenvalue weighted by atomic mass is 10.1. The van der Waals surface area contributed by atoms with Crippen LogP contribution in [0.3, 0.4) is 0 Å². The zero-order valence-corrected chi connectivity index (χ0v) is 14.1. The van der Waals surface area contributed by atoms with Crippen LogP contribution in [-0.2, 0) is 4.74 Å². The van der Waals surface area contributed by atoms with E-state index in [4.69, 9.17) is 14.6 Å². The van der Waals surface area contributed by atoms with Crippen LogP contribution in [0.4, 0.5) is 0 Å². The van der Waals surface area contributed by atoms with E-state index in [-0.39, 0.29) is 13.2 Å². The summed E-state index contributed by atoms with van der Waals surface area (Å²) in [5, 5.41) is 22.0. The van der Waals surface area contributed by atoms with Gasteiger partial charge in [-0.3, -0.25) is 0 Å². The monoisotopic (exact) mass is 311 g/mol. The summed E-state index contributed by atoms with van der Waals surface area (Å²) < 4.78 is 11.0. The number of hydrogen-bond donors (Lipinski definition) is 3. The second-order valence-corrected chi connectivity index (χ2v) is 6.25. The highest BCUT2D eigenvalue weighted by atomic mass is 16.5. The topological polar surface area (TPSA) is 71.0 Å². The SMILES string of the molecule is Cc1ccc(OCCOC[C@@H](O)CNC(C)(C)CO)cc1C. The Labute approximate surface area is 133 Å². The largest absolute Gasteiger partial charge is 0.491 e. The molecule has 0 unspecified atom stereocenters. The first-order valence-electron chi connectivity index (χ1n) is 7.66. The van der Waals surface area contributed by atoms with Crippen molar-refractivity contribution in [3.8, 4) is 5.75 Å². The fourth-order valence-electron chi connectivity index (χ4n) is 1.75. The lowest BCUT2D eigenvalue weighted by Gasteiger charge is -2.25. The molecule has 1 aromatic carbocycles. The van der Waals surface area contributed by atoms with Crippen LogP contribution in [0.1, 0.15) is 25.0 Å². The number of aliphatic hydroxyl groups excluding tert-OH is 2. The third-order valence-electron chi connectivity index (χ3n) is 3.50. The maximum atomic E-state index is 9.78. The van der Waals surface area contributed by atoms with Gasteiger partial charge < -0.3 is 25.0 Å². The molecule has 0 aliphatic carbocycles. The van der Waals surface area contributed by atoms with E-state index in [1.807, 2.05) is 32.0 Å². The van der Waals surface area contributed by atoms with Crippen molar-refractivity contribution in [1.29, 1.82) is 0 Å². The maximum absolute atomic E-state index is 9.78. The van der Waals surface area contributed by atoms with E-state index in [9.17, 15) is 5.11 Å². The minimum absolute atomic E-state index is 0.0182. The van der Waals surface area contributed by atoms with Crippen molar-refractivity contribution in [3.63, 3.8) is 0 Å². The van der Waals surface area contributed by atoms with Gasteiger partial charge in [0, 0.05) is 12.1 Å². The molecule has 0 bridgehead atoms. The summed E-state index contributed by atoms with van der Waals surface area (Å²) >= 11 is 0. The molecule has 5 heteroatoms. The van der Waals surface area contributed by atoms with Crippen LogP contribution in [0.2, 0.25) is 0 Å². The summed E-state index contributed by atoms with van der Waals surface area (Å²) in [6.45, 7) is 9.38. The highest BCUT2D eigenvalue weighted by Gasteiger charge is 2.16. The fraction of sp³-hybridized carbons (Fsp3) is 0.647. The van der Waals surface area contributed by atoms with Crippen LogP contribution in [0.25, 0.3) is 0 Å². The maximum Gasteiger partial charge on any atom is 0.119 e. The summed E-state index contributed by atoms with van der Waals surface area (Å²) in [5.41, 5.74) is 2.05. The van der Waals surface area contributed by atoms with Gasteiger partial charge in [-0.1, -0.05) is 6.07 Å². The Morgan fingerprint density at radius 3 is 2.55 bits per heavy atom. The lowest BCUT2D eigenvalue weighted by molar-refractivity contribution is 0.0205. The molecule has 0 spiro atoms. The Hall–Kier alpha value is -1.14. The molecule has 0 fully saturated rings. The Balaban J connectivity index is 2.13. The van der Waals surface area contributed by atoms with E-state index in [0.29, 0.717) is 19.8 Å². The zero-order valence-electron chi connectivity index (χ0n) is 14.1. The van der Waals surface area contributed by atoms with Gasteiger partial charge in [0.05, 0.1) is 25.9 Å². The third kappa shape index (κ3) is 7.22. The molecule has 126 valence electrons. The summed E-state index contributed by atoms with van der Waals surface area (Å²) in [6, 6.07) is 5.98. The van der Waals surface area contributed by atoms with Crippen LogP contribution in [0, 0.1) is 13.8 Å². The van der Waals surface area contributed by atoms with E-state index < -0.39 is 11.6 Å². The van der Waals surface area contributed by atoms with Crippen LogP contribution < -0.4 is 10.1 Å². The standard InChI is InChI=1S/C17H29NO4/c1-13-5-6-16(9-14(13)2)22-8-7-21-11-15(20)10-18-17(3,4)12-19/h5-6,9,15,18-20H,7-8,10-12H2,1-4H3/t15-/m0/s1. The Morgan fingerprint density at radius 2 is 1.91 bits per heavy atom. The van der Waals surface area contributed by atoms with Gasteiger partial charge in [-0.2, -0.15) is 0 Å². The van der Waals surface area contributed by atoms with Gasteiger partial charge in [0.25, 0.3) is 0 Å². The summed E-state index contributed by atoms with van der Waals surface area (Å²) in [5.74, 6) is 0.832. The molecule has 1 aromatic rings. The van der Waals surface area contributed by atoms with Crippen molar-refractivity contribution in [3.05, 3.63) is 29.3 Å². The summed E-state index contributed by atoms with van der Waals surface area (Å²) in [6.07, 6.45) is -0.604. The molecule has 1 rings (SSSR count). The number of ether oxygens (including phenoxy) is 2. The van der Waals surface area contributed by atoms with E-state index in [0.717, 1.165) is 5.75 Å². The molecule has 0 radical (unpaired) electrons. The van der Waals surface area contributed by atoms with Crippen molar-refractivity contribution in [1.82, 2.24) is 5.32 Å². The third-order valence-corrected chi connectivity index (χ3v) is 3.50. The van der Waals surface area contributed by atoms with Gasteiger partial charge in [0.1, 0.15) is 12.4 Å². The quantitative estimate of drug-likeness (QED) is 0.570. The zero-order chi connectivity index (χ0) is 16.6. The van der Waals surface area contributed by atoms with Crippen LogP contribution in [0.15, 0.2) is 18.2 Å². The Morgan fingerprint density at radius 1 is 1.18 bits per heavy atom. The van der Waals surface area contributed by atoms with Crippen molar-refractivity contribution in [2.45, 2.75) is 39.3 Å². The minimum Gasteiger partial charge on any atom is -0.491 e. The summed E-state index contributed by atoms with van der Waals surface area (Å²) in [7, 11) is 0. The Bertz CT molecular complexity index is 448. The Kier molecular flexibility index (Phi) is 7.82. The average molecular weight is 311 g/mol. The molecule has 0 saturated heterocycles. The molecule has 0 amide bonds. The van der Waals surface area contributed by atoms with Crippen molar-refractivity contribution < 1.29 is 19.7 Å². The van der Waals surface area contributed by atoms with Crippen molar-refractivity contribution in [2.24, 2.45) is 0 Å². The van der Waals surface area contributed by atoms with Gasteiger partial charge in [-0.05, 0) is 51.0 Å². The number of hydrogen-bond acceptors (Lipinski definition) is 5. The number of nitrogens with one attached hydrogen (secondary N) is 1. The smallest absolute Gasteiger partial charge is 0.119 e. The predicted molar refractivity (Wildman–Crippen MR) is 87.4 cm³/mol. The second-order valence-electron chi connectivity index (χ2n) is 6.25. The molecular formula is C17H29NO4. The number of rotatable bonds is 10. The lowest BCUT2D eigenvalue weighted by Crippen LogP contribution is -2.47. The first-order chi connectivity index (χ1) is 10.3. The van der Waals surface area contributed by atoms with Crippen molar-refractivity contribution >= 4 is 0 Å². The van der Waals surface area contributed by atoms with E-state index in [1.165, 1.54) is 11.1 Å². The molecule has 0 aliphatic rings. The van der Waals surface area contributed by atoms with Gasteiger partial charge in [0.15, 0.2) is 0 Å². The number of benzene rings is 1. The van der Waals surface area contributed by atoms with E-state index >= 15 is 0 Å². The molecule has 0 aliphatic heterocycles. The van der Waals surface area contributed by atoms with Crippen molar-refractivity contribution in [2.75, 3.05) is 33.0 Å². The molecule has 3 N–H and O–H groups in total. The average Bonchev–Trinajstić information content (AvgIpc) is 2.48. The first kappa shape index (κ1) is 18.9. The van der Waals surface area contributed by atoms with Crippen LogP contribution in [0.5, 0.6) is 5.75 Å². The molecule has 0 saturated carbocycles. The molecule has 0 heterocycles. The number of β-amino-alcohol motifs (C(OH)–C–C–N with tert-alkyl or cyclic N) is 1. The van der Waals surface area contributed by atoms with Gasteiger partial charge >= 0.3 is 0 Å². The molecule has 0 aromatic heterocycles. The van der Waals surface area contributed by atoms with Crippen LogP contribution >= 0.6 is 0 Å². The molecular weight excluding hydrogens is 282 g/mol. The number of aryl methyl sites for hydroxylation is 2. The fourth-order valence-corrected chi connectivity index (χ4v) is 1.75. The normalized spacial score (nSPS) is 13.2. The molecule has 22 heavy (non-hydrogen) atoms. The summed E-state index contributed by atoms with van der Waals surface area (Å²) in [4.78, 5) is 0. The highest BCUT2D eigenvalue weighted by Crippen LogP contribution is 2.16. The highest BCUT2D eigenvalue weighted by molar-refractivity contribution is 5.33. The first-order valence-corrected chi connectivity index (χ1v) is 7.66. The van der Waals surface area contributed by atoms with E-state index in [2.05, 4.69) is 19.2 Å². The predicted octanol–water partition coefficient (Wildman–Crippen LogP) is 1.42. The van der Waals surface area contributed by atoms with E-state index in [1.54, 1.807) is 0 Å². The molecule has 1 atom stereocenters. The van der Waals surface area contributed by atoms with Gasteiger partial charge in [-0.25, -0.2) is 0 Å². The molecule has 5 nitrogen and oxygen atoms in total.